The molecule has 0 N–H and O–H groups in total. The average Bonchev–Trinajstić information content (AvgIpc) is 3.40. The molecule has 0 radical (unpaired) electrons. The van der Waals surface area contributed by atoms with E-state index in [9.17, 15) is 4.79 Å². The second-order valence-corrected chi connectivity index (χ2v) is 7.71. The number of aromatic nitrogens is 1. The summed E-state index contributed by atoms with van der Waals surface area (Å²) in [7, 11) is 0. The Morgan fingerprint density at radius 1 is 1.08 bits per heavy atom. The van der Waals surface area contributed by atoms with Crippen LogP contribution in [-0.4, -0.2) is 29.1 Å². The molecule has 3 heterocycles. The lowest BCUT2D eigenvalue weighted by molar-refractivity contribution is -0.124. The molecule has 0 unspecified atom stereocenters. The SMILES string of the molecule is O=C([C@H]1C[C@H]2CC[C@H]1O2)N(c1cccc2cccnc12)C1CCCC1. The van der Waals surface area contributed by atoms with Gasteiger partial charge in [0.1, 0.15) is 0 Å². The molecule has 3 fully saturated rings. The van der Waals surface area contributed by atoms with E-state index in [4.69, 9.17) is 4.74 Å². The predicted molar refractivity (Wildman–Crippen MR) is 97.5 cm³/mol. The van der Waals surface area contributed by atoms with Crippen LogP contribution >= 0.6 is 0 Å². The van der Waals surface area contributed by atoms with Crippen LogP contribution in [0.5, 0.6) is 0 Å². The van der Waals surface area contributed by atoms with E-state index in [0.717, 1.165) is 48.7 Å². The van der Waals surface area contributed by atoms with Gasteiger partial charge in [-0.15, -0.1) is 0 Å². The number of ether oxygens (including phenoxy) is 1. The molecule has 4 heteroatoms. The first-order valence-electron chi connectivity index (χ1n) is 9.63. The van der Waals surface area contributed by atoms with Gasteiger partial charge in [0.2, 0.25) is 5.91 Å². The number of anilines is 1. The fourth-order valence-corrected chi connectivity index (χ4v) is 5.02. The second kappa shape index (κ2) is 6.10. The zero-order valence-corrected chi connectivity index (χ0v) is 14.4. The third-order valence-electron chi connectivity index (χ3n) is 6.22. The molecule has 25 heavy (non-hydrogen) atoms. The molecule has 2 bridgehead atoms. The van der Waals surface area contributed by atoms with Gasteiger partial charge in [0.25, 0.3) is 0 Å². The summed E-state index contributed by atoms with van der Waals surface area (Å²) < 4.78 is 5.98. The van der Waals surface area contributed by atoms with E-state index < -0.39 is 0 Å². The summed E-state index contributed by atoms with van der Waals surface area (Å²) in [5.74, 6) is 0.288. The van der Waals surface area contributed by atoms with Crippen LogP contribution in [0.15, 0.2) is 36.5 Å². The Morgan fingerprint density at radius 3 is 2.68 bits per heavy atom. The van der Waals surface area contributed by atoms with Crippen LogP contribution in [0.4, 0.5) is 5.69 Å². The molecule has 4 nitrogen and oxygen atoms in total. The summed E-state index contributed by atoms with van der Waals surface area (Å²) in [5, 5.41) is 1.10. The van der Waals surface area contributed by atoms with E-state index in [1.165, 1.54) is 12.8 Å². The van der Waals surface area contributed by atoms with Gasteiger partial charge in [0.15, 0.2) is 0 Å². The molecule has 3 atom stereocenters. The van der Waals surface area contributed by atoms with Crippen molar-refractivity contribution in [2.24, 2.45) is 5.92 Å². The summed E-state index contributed by atoms with van der Waals surface area (Å²) >= 11 is 0. The summed E-state index contributed by atoms with van der Waals surface area (Å²) in [6.45, 7) is 0. The highest BCUT2D eigenvalue weighted by atomic mass is 16.5. The molecule has 1 aromatic carbocycles. The number of benzene rings is 1. The lowest BCUT2D eigenvalue weighted by Crippen LogP contribution is -2.45. The van der Waals surface area contributed by atoms with E-state index in [1.54, 1.807) is 0 Å². The van der Waals surface area contributed by atoms with E-state index in [0.29, 0.717) is 12.1 Å². The van der Waals surface area contributed by atoms with Gasteiger partial charge >= 0.3 is 0 Å². The Labute approximate surface area is 148 Å². The number of hydrogen-bond donors (Lipinski definition) is 0. The Balaban J connectivity index is 1.57. The summed E-state index contributed by atoms with van der Waals surface area (Å²) in [4.78, 5) is 20.3. The predicted octanol–water partition coefficient (Wildman–Crippen LogP) is 4.08. The number of amides is 1. The Bertz CT molecular complexity index is 794. The van der Waals surface area contributed by atoms with Crippen molar-refractivity contribution >= 4 is 22.5 Å². The summed E-state index contributed by atoms with van der Waals surface area (Å²) in [5.41, 5.74) is 1.92. The molecule has 1 saturated carbocycles. The Morgan fingerprint density at radius 2 is 1.92 bits per heavy atom. The van der Waals surface area contributed by atoms with Crippen molar-refractivity contribution in [3.8, 4) is 0 Å². The number of hydrogen-bond acceptors (Lipinski definition) is 3. The zero-order valence-electron chi connectivity index (χ0n) is 14.4. The normalized spacial score (nSPS) is 28.7. The number of pyridine rings is 1. The molecule has 5 rings (SSSR count). The first-order valence-corrected chi connectivity index (χ1v) is 9.63. The third-order valence-corrected chi connectivity index (χ3v) is 6.22. The quantitative estimate of drug-likeness (QED) is 0.848. The molecule has 2 saturated heterocycles. The molecule has 1 aliphatic carbocycles. The maximum absolute atomic E-state index is 13.6. The van der Waals surface area contributed by atoms with Gasteiger partial charge < -0.3 is 9.64 Å². The number of carbonyl (C=O) groups excluding carboxylic acids is 1. The standard InChI is InChI=1S/C21H24N2O2/c24-21(17-13-16-10-11-19(17)25-16)23(15-7-1-2-8-15)18-9-3-5-14-6-4-12-22-20(14)18/h3-6,9,12,15-17,19H,1-2,7-8,10-11,13H2/t16-,17+,19-/m1/s1. The molecule has 2 aromatic rings. The highest BCUT2D eigenvalue weighted by Gasteiger charge is 2.47. The largest absolute Gasteiger partial charge is 0.374 e. The highest BCUT2D eigenvalue weighted by Crippen LogP contribution is 2.42. The summed E-state index contributed by atoms with van der Waals surface area (Å²) in [6, 6.07) is 10.5. The fraction of sp³-hybridized carbons (Fsp3) is 0.524. The molecule has 2 aliphatic heterocycles. The van der Waals surface area contributed by atoms with Crippen molar-refractivity contribution in [1.82, 2.24) is 4.98 Å². The van der Waals surface area contributed by atoms with Gasteiger partial charge in [-0.1, -0.05) is 31.0 Å². The second-order valence-electron chi connectivity index (χ2n) is 7.71. The molecule has 1 aromatic heterocycles. The van der Waals surface area contributed by atoms with Crippen molar-refractivity contribution < 1.29 is 9.53 Å². The lowest BCUT2D eigenvalue weighted by Gasteiger charge is -2.33. The number of fused-ring (bicyclic) bond motifs is 3. The van der Waals surface area contributed by atoms with E-state index >= 15 is 0 Å². The lowest BCUT2D eigenvalue weighted by atomic mass is 9.87. The van der Waals surface area contributed by atoms with Crippen LogP contribution < -0.4 is 4.90 Å². The molecule has 3 aliphatic rings. The van der Waals surface area contributed by atoms with E-state index in [1.807, 2.05) is 18.3 Å². The third kappa shape index (κ3) is 2.54. The van der Waals surface area contributed by atoms with Gasteiger partial charge in [-0.25, -0.2) is 0 Å². The Kier molecular flexibility index (Phi) is 3.74. The Hall–Kier alpha value is -1.94. The molecule has 130 valence electrons. The topological polar surface area (TPSA) is 42.4 Å². The van der Waals surface area contributed by atoms with Gasteiger partial charge in [-0.05, 0) is 44.2 Å². The van der Waals surface area contributed by atoms with Crippen molar-refractivity contribution in [1.29, 1.82) is 0 Å². The molecular formula is C21H24N2O2. The monoisotopic (exact) mass is 336 g/mol. The smallest absolute Gasteiger partial charge is 0.233 e. The minimum atomic E-state index is 0.0262. The van der Waals surface area contributed by atoms with Gasteiger partial charge in [0.05, 0.1) is 29.3 Å². The fourth-order valence-electron chi connectivity index (χ4n) is 5.02. The van der Waals surface area contributed by atoms with Gasteiger partial charge in [-0.2, -0.15) is 0 Å². The average molecular weight is 336 g/mol. The van der Waals surface area contributed by atoms with E-state index in [2.05, 4.69) is 28.1 Å². The first-order chi connectivity index (χ1) is 12.3. The van der Waals surface area contributed by atoms with Crippen molar-refractivity contribution in [2.45, 2.75) is 63.2 Å². The summed E-state index contributed by atoms with van der Waals surface area (Å²) in [6.07, 6.45) is 9.90. The van der Waals surface area contributed by atoms with E-state index in [-0.39, 0.29) is 17.9 Å². The maximum atomic E-state index is 13.6. The van der Waals surface area contributed by atoms with Crippen LogP contribution in [0.25, 0.3) is 10.9 Å². The van der Waals surface area contributed by atoms with Crippen molar-refractivity contribution in [3.63, 3.8) is 0 Å². The molecule has 0 spiro atoms. The van der Waals surface area contributed by atoms with Crippen molar-refractivity contribution in [3.05, 3.63) is 36.5 Å². The zero-order chi connectivity index (χ0) is 16.8. The number of rotatable bonds is 3. The first kappa shape index (κ1) is 15.3. The molecular weight excluding hydrogens is 312 g/mol. The van der Waals surface area contributed by atoms with Gasteiger partial charge in [0, 0.05) is 17.6 Å². The minimum absolute atomic E-state index is 0.0262. The van der Waals surface area contributed by atoms with Crippen LogP contribution in [-0.2, 0) is 9.53 Å². The highest BCUT2D eigenvalue weighted by molar-refractivity contribution is 6.03. The van der Waals surface area contributed by atoms with Crippen LogP contribution in [0, 0.1) is 5.92 Å². The number of para-hydroxylation sites is 1. The maximum Gasteiger partial charge on any atom is 0.233 e. The van der Waals surface area contributed by atoms with Crippen molar-refractivity contribution in [2.75, 3.05) is 4.90 Å². The van der Waals surface area contributed by atoms with Gasteiger partial charge in [-0.3, -0.25) is 9.78 Å². The number of nitrogens with zero attached hydrogens (tertiary/aromatic N) is 2. The van der Waals surface area contributed by atoms with Crippen LogP contribution in [0.3, 0.4) is 0 Å². The van der Waals surface area contributed by atoms with Crippen LogP contribution in [0.1, 0.15) is 44.9 Å². The molecule has 1 amide bonds. The van der Waals surface area contributed by atoms with Crippen LogP contribution in [0.2, 0.25) is 0 Å². The number of carbonyl (C=O) groups is 1. The minimum Gasteiger partial charge on any atom is -0.374 e.